The number of thiophene rings is 1. The number of rotatable bonds is 6. The van der Waals surface area contributed by atoms with E-state index in [1.807, 2.05) is 32.9 Å². The molecule has 0 unspecified atom stereocenters. The third kappa shape index (κ3) is 4.68. The minimum absolute atomic E-state index is 0.132. The molecule has 0 bridgehead atoms. The Balaban J connectivity index is 1.86. The Morgan fingerprint density at radius 1 is 1.21 bits per heavy atom. The molecule has 1 N–H and O–H groups in total. The maximum atomic E-state index is 12.0. The lowest BCUT2D eigenvalue weighted by atomic mass is 10.1. The van der Waals surface area contributed by atoms with Crippen molar-refractivity contribution < 1.29 is 14.3 Å². The lowest BCUT2D eigenvalue weighted by Gasteiger charge is -2.15. The molecule has 0 aliphatic rings. The number of esters is 1. The Labute approximate surface area is 146 Å². The van der Waals surface area contributed by atoms with Crippen molar-refractivity contribution in [3.05, 3.63) is 56.8 Å². The van der Waals surface area contributed by atoms with E-state index in [0.717, 1.165) is 21.7 Å². The van der Waals surface area contributed by atoms with Crippen LogP contribution in [0.4, 0.5) is 0 Å². The molecule has 2 rings (SSSR count). The second kappa shape index (κ2) is 8.11. The number of carbonyl (C=O) groups excluding carboxylic acids is 2. The molecule has 0 aliphatic heterocycles. The van der Waals surface area contributed by atoms with E-state index in [4.69, 9.17) is 4.74 Å². The number of hydrogen-bond donors (Lipinski definition) is 1. The van der Waals surface area contributed by atoms with Crippen LogP contribution in [0.3, 0.4) is 0 Å². The second-order valence-electron chi connectivity index (χ2n) is 5.79. The van der Waals surface area contributed by atoms with E-state index in [1.165, 1.54) is 5.56 Å². The van der Waals surface area contributed by atoms with Crippen molar-refractivity contribution in [2.24, 2.45) is 0 Å². The normalized spacial score (nSPS) is 11.8. The Bertz CT molecular complexity index is 719. The van der Waals surface area contributed by atoms with Gasteiger partial charge in [0.25, 0.3) is 5.91 Å². The van der Waals surface area contributed by atoms with Gasteiger partial charge in [0, 0.05) is 9.75 Å². The molecule has 1 aromatic heterocycles. The van der Waals surface area contributed by atoms with Crippen molar-refractivity contribution in [3.63, 3.8) is 0 Å². The first kappa shape index (κ1) is 18.2. The zero-order chi connectivity index (χ0) is 17.7. The van der Waals surface area contributed by atoms with Gasteiger partial charge in [-0.25, -0.2) is 4.79 Å². The van der Waals surface area contributed by atoms with E-state index in [2.05, 4.69) is 24.4 Å². The van der Waals surface area contributed by atoms with E-state index in [0.29, 0.717) is 5.56 Å². The Kier molecular flexibility index (Phi) is 6.15. The molecule has 1 heterocycles. The molecule has 0 aliphatic carbocycles. The fourth-order valence-corrected chi connectivity index (χ4v) is 3.36. The first-order valence-corrected chi connectivity index (χ1v) is 8.84. The van der Waals surface area contributed by atoms with Gasteiger partial charge < -0.3 is 10.1 Å². The fraction of sp³-hybridized carbons (Fsp3) is 0.368. The molecule has 1 aromatic carbocycles. The summed E-state index contributed by atoms with van der Waals surface area (Å²) in [5, 5.41) is 2.85. The second-order valence-corrected chi connectivity index (χ2v) is 7.25. The van der Waals surface area contributed by atoms with Crippen LogP contribution >= 0.6 is 11.3 Å². The summed E-state index contributed by atoms with van der Waals surface area (Å²) in [6, 6.07) is 9.78. The minimum atomic E-state index is -0.452. The molecular weight excluding hydrogens is 322 g/mol. The van der Waals surface area contributed by atoms with E-state index in [-0.39, 0.29) is 18.6 Å². The molecule has 24 heavy (non-hydrogen) atoms. The van der Waals surface area contributed by atoms with Gasteiger partial charge in [0.1, 0.15) is 0 Å². The Hall–Kier alpha value is -2.14. The summed E-state index contributed by atoms with van der Waals surface area (Å²) in [6.45, 7) is 7.55. The number of benzene rings is 1. The zero-order valence-electron chi connectivity index (χ0n) is 14.5. The van der Waals surface area contributed by atoms with Crippen molar-refractivity contribution >= 4 is 23.2 Å². The summed E-state index contributed by atoms with van der Waals surface area (Å²) >= 11 is 1.54. The zero-order valence-corrected chi connectivity index (χ0v) is 15.3. The standard InChI is InChI=1S/C19H23NO3S/c1-5-15-6-8-16(9-7-15)13(3)20-18(21)11-23-19(22)17-10-12(2)24-14(17)4/h6-10,13H,5,11H2,1-4H3,(H,20,21)/t13-/m0/s1. The van der Waals surface area contributed by atoms with E-state index < -0.39 is 5.97 Å². The summed E-state index contributed by atoms with van der Waals surface area (Å²) in [5.74, 6) is -0.757. The lowest BCUT2D eigenvalue weighted by Crippen LogP contribution is -2.31. The van der Waals surface area contributed by atoms with E-state index in [9.17, 15) is 9.59 Å². The molecule has 1 atom stereocenters. The molecule has 4 nitrogen and oxygen atoms in total. The predicted molar refractivity (Wildman–Crippen MR) is 96.5 cm³/mol. The highest BCUT2D eigenvalue weighted by molar-refractivity contribution is 7.12. The number of ether oxygens (including phenoxy) is 1. The van der Waals surface area contributed by atoms with Crippen LogP contribution in [0.5, 0.6) is 0 Å². The molecule has 0 spiro atoms. The quantitative estimate of drug-likeness (QED) is 0.806. The highest BCUT2D eigenvalue weighted by atomic mass is 32.1. The van der Waals surface area contributed by atoms with Crippen LogP contribution < -0.4 is 5.32 Å². The summed E-state index contributed by atoms with van der Waals surface area (Å²) < 4.78 is 5.11. The maximum Gasteiger partial charge on any atom is 0.339 e. The predicted octanol–water partition coefficient (Wildman–Crippen LogP) is 3.96. The van der Waals surface area contributed by atoms with Gasteiger partial charge in [0.15, 0.2) is 6.61 Å². The van der Waals surface area contributed by atoms with Gasteiger partial charge in [-0.3, -0.25) is 4.79 Å². The number of carbonyl (C=O) groups is 2. The number of amides is 1. The van der Waals surface area contributed by atoms with Crippen molar-refractivity contribution in [1.29, 1.82) is 0 Å². The average Bonchev–Trinajstić information content (AvgIpc) is 2.91. The van der Waals surface area contributed by atoms with Gasteiger partial charge in [-0.1, -0.05) is 31.2 Å². The third-order valence-corrected chi connectivity index (χ3v) is 4.83. The van der Waals surface area contributed by atoms with Gasteiger partial charge in [-0.05, 0) is 44.4 Å². The molecule has 1 amide bonds. The van der Waals surface area contributed by atoms with Crippen LogP contribution in [-0.4, -0.2) is 18.5 Å². The monoisotopic (exact) mass is 345 g/mol. The smallest absolute Gasteiger partial charge is 0.339 e. The molecule has 5 heteroatoms. The summed E-state index contributed by atoms with van der Waals surface area (Å²) in [5.41, 5.74) is 2.82. The van der Waals surface area contributed by atoms with E-state index in [1.54, 1.807) is 17.4 Å². The Morgan fingerprint density at radius 2 is 1.88 bits per heavy atom. The fourth-order valence-electron chi connectivity index (χ4n) is 2.45. The van der Waals surface area contributed by atoms with Crippen molar-refractivity contribution in [3.8, 4) is 0 Å². The van der Waals surface area contributed by atoms with Gasteiger partial charge in [0.05, 0.1) is 11.6 Å². The van der Waals surface area contributed by atoms with Crippen LogP contribution in [-0.2, 0) is 16.0 Å². The van der Waals surface area contributed by atoms with Crippen molar-refractivity contribution in [2.45, 2.75) is 40.2 Å². The molecule has 0 saturated carbocycles. The molecule has 2 aromatic rings. The van der Waals surface area contributed by atoms with Crippen LogP contribution in [0.25, 0.3) is 0 Å². The summed E-state index contributed by atoms with van der Waals surface area (Å²) in [4.78, 5) is 26.0. The molecule has 0 radical (unpaired) electrons. The summed E-state index contributed by atoms with van der Waals surface area (Å²) in [7, 11) is 0. The van der Waals surface area contributed by atoms with Crippen LogP contribution in [0.15, 0.2) is 30.3 Å². The first-order valence-electron chi connectivity index (χ1n) is 8.03. The maximum absolute atomic E-state index is 12.0. The van der Waals surface area contributed by atoms with E-state index >= 15 is 0 Å². The average molecular weight is 345 g/mol. The molecule has 0 saturated heterocycles. The van der Waals surface area contributed by atoms with Crippen molar-refractivity contribution in [1.82, 2.24) is 5.32 Å². The van der Waals surface area contributed by atoms with Crippen LogP contribution in [0.2, 0.25) is 0 Å². The third-order valence-electron chi connectivity index (χ3n) is 3.86. The van der Waals surface area contributed by atoms with Crippen LogP contribution in [0.1, 0.15) is 51.1 Å². The SMILES string of the molecule is CCc1ccc([C@H](C)NC(=O)COC(=O)c2cc(C)sc2C)cc1. The number of nitrogens with one attached hydrogen (secondary N) is 1. The van der Waals surface area contributed by atoms with Gasteiger partial charge in [0.2, 0.25) is 0 Å². The van der Waals surface area contributed by atoms with Crippen molar-refractivity contribution in [2.75, 3.05) is 6.61 Å². The molecular formula is C19H23NO3S. The topological polar surface area (TPSA) is 55.4 Å². The largest absolute Gasteiger partial charge is 0.452 e. The molecule has 128 valence electrons. The minimum Gasteiger partial charge on any atom is -0.452 e. The molecule has 0 fully saturated rings. The van der Waals surface area contributed by atoms with Gasteiger partial charge in [-0.15, -0.1) is 11.3 Å². The van der Waals surface area contributed by atoms with Gasteiger partial charge >= 0.3 is 5.97 Å². The Morgan fingerprint density at radius 3 is 2.42 bits per heavy atom. The number of hydrogen-bond acceptors (Lipinski definition) is 4. The highest BCUT2D eigenvalue weighted by Gasteiger charge is 2.16. The van der Waals surface area contributed by atoms with Gasteiger partial charge in [-0.2, -0.15) is 0 Å². The lowest BCUT2D eigenvalue weighted by molar-refractivity contribution is -0.124. The number of aryl methyl sites for hydroxylation is 3. The van der Waals surface area contributed by atoms with Crippen LogP contribution in [0, 0.1) is 13.8 Å². The summed E-state index contributed by atoms with van der Waals surface area (Å²) in [6.07, 6.45) is 0.985. The first-order chi connectivity index (χ1) is 11.4. The highest BCUT2D eigenvalue weighted by Crippen LogP contribution is 2.21.